The summed E-state index contributed by atoms with van der Waals surface area (Å²) in [4.78, 5) is 20.4. The van der Waals surface area contributed by atoms with E-state index in [1.807, 2.05) is 6.92 Å². The molecule has 1 atom stereocenters. The lowest BCUT2D eigenvalue weighted by Crippen LogP contribution is -2.24. The maximum Gasteiger partial charge on any atom is 0.362 e. The topological polar surface area (TPSA) is 86.8 Å². The largest absolute Gasteiger partial charge is 0.458 e. The van der Waals surface area contributed by atoms with Crippen LogP contribution in [0.5, 0.6) is 0 Å². The van der Waals surface area contributed by atoms with Crippen molar-refractivity contribution in [1.82, 2.24) is 4.98 Å². The molecule has 1 heterocycles. The van der Waals surface area contributed by atoms with E-state index >= 15 is 0 Å². The van der Waals surface area contributed by atoms with Gasteiger partial charge in [-0.2, -0.15) is 0 Å². The van der Waals surface area contributed by atoms with Gasteiger partial charge in [0.05, 0.1) is 6.10 Å². The first-order valence-electron chi connectivity index (χ1n) is 5.12. The smallest absolute Gasteiger partial charge is 0.362 e. The molecule has 0 spiro atoms. The second-order valence-corrected chi connectivity index (χ2v) is 4.21. The van der Waals surface area contributed by atoms with E-state index in [9.17, 15) is 4.79 Å². The Labute approximate surface area is 103 Å². The number of hydrogen-bond acceptors (Lipinski definition) is 7. The van der Waals surface area contributed by atoms with Crippen molar-refractivity contribution in [3.8, 4) is 0 Å². The summed E-state index contributed by atoms with van der Waals surface area (Å²) in [6.45, 7) is 3.73. The van der Waals surface area contributed by atoms with E-state index in [1.54, 1.807) is 12.3 Å². The fourth-order valence-corrected chi connectivity index (χ4v) is 1.55. The number of aromatic nitrogens is 1. The van der Waals surface area contributed by atoms with Gasteiger partial charge in [0.15, 0.2) is 5.13 Å². The van der Waals surface area contributed by atoms with Gasteiger partial charge in [0.1, 0.15) is 12.8 Å². The van der Waals surface area contributed by atoms with Crippen LogP contribution in [0.3, 0.4) is 0 Å². The van der Waals surface area contributed by atoms with Gasteiger partial charge >= 0.3 is 5.97 Å². The molecule has 0 radical (unpaired) electrons. The summed E-state index contributed by atoms with van der Waals surface area (Å²) in [5, 5.41) is 5.62. The number of ether oxygens (including phenoxy) is 1. The summed E-state index contributed by atoms with van der Waals surface area (Å²) in [7, 11) is 1.35. The van der Waals surface area contributed by atoms with Gasteiger partial charge in [0, 0.05) is 5.38 Å². The predicted octanol–water partition coefficient (Wildman–Crippen LogP) is 1.42. The van der Waals surface area contributed by atoms with Crippen LogP contribution in [0.1, 0.15) is 26.0 Å². The normalized spacial score (nSPS) is 13.2. The molecule has 94 valence electrons. The molecular formula is C10H15N3O3S. The highest BCUT2D eigenvalue weighted by atomic mass is 32.1. The van der Waals surface area contributed by atoms with Crippen LogP contribution >= 0.6 is 11.3 Å². The van der Waals surface area contributed by atoms with Crippen LogP contribution in [-0.4, -0.2) is 29.9 Å². The van der Waals surface area contributed by atoms with Gasteiger partial charge in [-0.1, -0.05) is 12.1 Å². The molecular weight excluding hydrogens is 242 g/mol. The molecule has 0 aliphatic carbocycles. The molecule has 1 rings (SSSR count). The number of nitrogens with two attached hydrogens (primary N) is 1. The fourth-order valence-electron chi connectivity index (χ4n) is 0.998. The highest BCUT2D eigenvalue weighted by Crippen LogP contribution is 2.13. The van der Waals surface area contributed by atoms with Crippen molar-refractivity contribution in [2.75, 3.05) is 12.8 Å². The van der Waals surface area contributed by atoms with Crippen LogP contribution in [-0.2, 0) is 14.4 Å². The van der Waals surface area contributed by atoms with Gasteiger partial charge in [-0.25, -0.2) is 9.78 Å². The van der Waals surface area contributed by atoms with E-state index in [-0.39, 0.29) is 11.8 Å². The molecule has 0 saturated heterocycles. The number of rotatable bonds is 5. The zero-order valence-corrected chi connectivity index (χ0v) is 10.8. The second-order valence-electron chi connectivity index (χ2n) is 3.32. The Morgan fingerprint density at radius 3 is 2.88 bits per heavy atom. The van der Waals surface area contributed by atoms with Crippen molar-refractivity contribution in [1.29, 1.82) is 0 Å². The third-order valence-electron chi connectivity index (χ3n) is 2.02. The van der Waals surface area contributed by atoms with Crippen LogP contribution in [0.4, 0.5) is 5.13 Å². The Morgan fingerprint density at radius 1 is 1.71 bits per heavy atom. The Kier molecular flexibility index (Phi) is 4.89. The third-order valence-corrected chi connectivity index (χ3v) is 2.70. The molecule has 0 aliphatic rings. The van der Waals surface area contributed by atoms with E-state index in [0.29, 0.717) is 10.8 Å². The third kappa shape index (κ3) is 3.70. The number of nitrogen functional groups attached to an aromatic ring is 1. The maximum atomic E-state index is 11.8. The van der Waals surface area contributed by atoms with Crippen LogP contribution < -0.4 is 5.73 Å². The Bertz CT molecular complexity index is 417. The first-order valence-corrected chi connectivity index (χ1v) is 6.00. The number of carbonyl (C=O) groups excluding carboxylic acids is 1. The molecule has 6 nitrogen and oxygen atoms in total. The number of carbonyl (C=O) groups is 1. The summed E-state index contributed by atoms with van der Waals surface area (Å²) < 4.78 is 5.15. The summed E-state index contributed by atoms with van der Waals surface area (Å²) in [6.07, 6.45) is 0.547. The van der Waals surface area contributed by atoms with Gasteiger partial charge < -0.3 is 15.3 Å². The van der Waals surface area contributed by atoms with Crippen LogP contribution in [0.15, 0.2) is 10.5 Å². The Balaban J connectivity index is 2.87. The average molecular weight is 257 g/mol. The average Bonchev–Trinajstić information content (AvgIpc) is 2.72. The lowest BCUT2D eigenvalue weighted by molar-refractivity contribution is -0.140. The highest BCUT2D eigenvalue weighted by molar-refractivity contribution is 7.13. The van der Waals surface area contributed by atoms with E-state index in [2.05, 4.69) is 15.0 Å². The molecule has 0 aliphatic heterocycles. The minimum Gasteiger partial charge on any atom is -0.458 e. The van der Waals surface area contributed by atoms with Crippen LogP contribution in [0.25, 0.3) is 0 Å². The quantitative estimate of drug-likeness (QED) is 0.489. The Morgan fingerprint density at radius 2 is 2.41 bits per heavy atom. The van der Waals surface area contributed by atoms with E-state index in [0.717, 1.165) is 6.42 Å². The van der Waals surface area contributed by atoms with E-state index in [1.165, 1.54) is 18.4 Å². The predicted molar refractivity (Wildman–Crippen MR) is 65.9 cm³/mol. The molecule has 7 heteroatoms. The summed E-state index contributed by atoms with van der Waals surface area (Å²) >= 11 is 1.22. The number of esters is 1. The van der Waals surface area contributed by atoms with Gasteiger partial charge in [0.25, 0.3) is 0 Å². The van der Waals surface area contributed by atoms with Crippen LogP contribution in [0.2, 0.25) is 0 Å². The summed E-state index contributed by atoms with van der Waals surface area (Å²) in [5.74, 6) is -0.563. The summed E-state index contributed by atoms with van der Waals surface area (Å²) in [6, 6.07) is 0. The highest BCUT2D eigenvalue weighted by Gasteiger charge is 2.21. The van der Waals surface area contributed by atoms with Crippen molar-refractivity contribution in [3.05, 3.63) is 11.1 Å². The van der Waals surface area contributed by atoms with Gasteiger partial charge in [-0.3, -0.25) is 0 Å². The number of oxime groups is 1. The molecule has 0 saturated carbocycles. The first-order chi connectivity index (χ1) is 8.08. The number of nitrogens with zero attached hydrogens (tertiary/aromatic N) is 2. The zero-order valence-electron chi connectivity index (χ0n) is 9.97. The molecule has 17 heavy (non-hydrogen) atoms. The monoisotopic (exact) mass is 257 g/mol. The molecule has 0 amide bonds. The maximum absolute atomic E-state index is 11.8. The van der Waals surface area contributed by atoms with Crippen molar-refractivity contribution >= 4 is 28.1 Å². The number of anilines is 1. The first kappa shape index (κ1) is 13.4. The number of hydrogen-bond donors (Lipinski definition) is 1. The molecule has 0 bridgehead atoms. The lowest BCUT2D eigenvalue weighted by atomic mass is 10.3. The van der Waals surface area contributed by atoms with E-state index in [4.69, 9.17) is 10.5 Å². The minimum atomic E-state index is -0.563. The molecule has 1 aromatic rings. The standard InChI is InChI=1S/C10H15N3O3S/c1-4-6(2)16-9(14)8(13-15-3)7-5-17-10(11)12-7/h5-6H,4H2,1-3H3,(H2,11,12)/b13-8-. The van der Waals surface area contributed by atoms with Crippen molar-refractivity contribution in [2.45, 2.75) is 26.4 Å². The second kappa shape index (κ2) is 6.19. The molecule has 1 unspecified atom stereocenters. The molecule has 1 aromatic heterocycles. The zero-order chi connectivity index (χ0) is 12.8. The van der Waals surface area contributed by atoms with Crippen molar-refractivity contribution in [3.63, 3.8) is 0 Å². The fraction of sp³-hybridized carbons (Fsp3) is 0.500. The summed E-state index contributed by atoms with van der Waals surface area (Å²) in [5.41, 5.74) is 5.89. The molecule has 2 N–H and O–H groups in total. The van der Waals surface area contributed by atoms with Crippen LogP contribution in [0, 0.1) is 0 Å². The molecule has 0 fully saturated rings. The minimum absolute atomic E-state index is 0.0285. The molecule has 0 aromatic carbocycles. The van der Waals surface area contributed by atoms with E-state index < -0.39 is 5.97 Å². The number of thiazole rings is 1. The van der Waals surface area contributed by atoms with Crippen molar-refractivity contribution < 1.29 is 14.4 Å². The van der Waals surface area contributed by atoms with Gasteiger partial charge in [-0.15, -0.1) is 11.3 Å². The lowest BCUT2D eigenvalue weighted by Gasteiger charge is -2.10. The SMILES string of the molecule is CCC(C)OC(=O)/C(=N\OC)c1csc(N)n1. The van der Waals surface area contributed by atoms with Gasteiger partial charge in [0.2, 0.25) is 5.71 Å². The Hall–Kier alpha value is -1.63. The van der Waals surface area contributed by atoms with Gasteiger partial charge in [-0.05, 0) is 13.3 Å². The van der Waals surface area contributed by atoms with Crippen molar-refractivity contribution in [2.24, 2.45) is 5.16 Å².